The van der Waals surface area contributed by atoms with Crippen molar-refractivity contribution in [2.75, 3.05) is 19.5 Å². The summed E-state index contributed by atoms with van der Waals surface area (Å²) in [5.74, 6) is 1.35. The highest BCUT2D eigenvalue weighted by molar-refractivity contribution is 5.89. The molecule has 0 unspecified atom stereocenters. The minimum Gasteiger partial charge on any atom is -0.497 e. The van der Waals surface area contributed by atoms with Crippen LogP contribution in [0.1, 0.15) is 5.56 Å². The molecule has 0 spiro atoms. The molecule has 2 N–H and O–H groups in total. The molecule has 3 aromatic rings. The van der Waals surface area contributed by atoms with Crippen LogP contribution in [0.4, 0.5) is 10.5 Å². The molecule has 8 nitrogen and oxygen atoms in total. The van der Waals surface area contributed by atoms with Crippen LogP contribution in [0.3, 0.4) is 0 Å². The maximum absolute atomic E-state index is 12.1. The molecule has 0 saturated heterocycles. The average molecular weight is 353 g/mol. The Bertz CT molecular complexity index is 863. The highest BCUT2D eigenvalue weighted by Gasteiger charge is 2.08. The van der Waals surface area contributed by atoms with Gasteiger partial charge >= 0.3 is 6.03 Å². The molecule has 0 atom stereocenters. The number of aromatic nitrogens is 3. The van der Waals surface area contributed by atoms with Gasteiger partial charge in [-0.3, -0.25) is 0 Å². The van der Waals surface area contributed by atoms with Crippen LogP contribution in [-0.4, -0.2) is 35.2 Å². The van der Waals surface area contributed by atoms with Crippen molar-refractivity contribution in [1.82, 2.24) is 20.3 Å². The van der Waals surface area contributed by atoms with Gasteiger partial charge in [0.25, 0.3) is 0 Å². The summed E-state index contributed by atoms with van der Waals surface area (Å²) >= 11 is 0. The Balaban J connectivity index is 1.57. The number of nitrogens with one attached hydrogen (secondary N) is 2. The molecule has 26 heavy (non-hydrogen) atoms. The first-order valence-corrected chi connectivity index (χ1v) is 7.92. The van der Waals surface area contributed by atoms with Gasteiger partial charge < -0.3 is 20.1 Å². The molecular weight excluding hydrogens is 334 g/mol. The van der Waals surface area contributed by atoms with E-state index in [0.717, 1.165) is 11.3 Å². The summed E-state index contributed by atoms with van der Waals surface area (Å²) < 4.78 is 10.5. The van der Waals surface area contributed by atoms with Crippen LogP contribution < -0.4 is 20.1 Å². The third-order valence-corrected chi connectivity index (χ3v) is 3.71. The monoisotopic (exact) mass is 353 g/mol. The summed E-state index contributed by atoms with van der Waals surface area (Å²) in [4.78, 5) is 13.6. The maximum atomic E-state index is 12.1. The lowest BCUT2D eigenvalue weighted by Gasteiger charge is -2.12. The first-order valence-electron chi connectivity index (χ1n) is 7.92. The van der Waals surface area contributed by atoms with E-state index in [1.165, 1.54) is 4.80 Å². The molecular formula is C18H19N5O3. The smallest absolute Gasteiger partial charge is 0.319 e. The summed E-state index contributed by atoms with van der Waals surface area (Å²) in [7, 11) is 3.17. The molecule has 3 rings (SSSR count). The van der Waals surface area contributed by atoms with Crippen LogP contribution in [0.2, 0.25) is 0 Å². The zero-order chi connectivity index (χ0) is 18.4. The van der Waals surface area contributed by atoms with Crippen molar-refractivity contribution in [2.24, 2.45) is 0 Å². The quantitative estimate of drug-likeness (QED) is 0.711. The Morgan fingerprint density at radius 2 is 1.77 bits per heavy atom. The summed E-state index contributed by atoms with van der Waals surface area (Å²) in [6, 6.07) is 12.3. The normalized spacial score (nSPS) is 10.2. The fourth-order valence-electron chi connectivity index (χ4n) is 2.38. The summed E-state index contributed by atoms with van der Waals surface area (Å²) in [6.07, 6.45) is 3.21. The fraction of sp³-hybridized carbons (Fsp3) is 0.167. The number of ether oxygens (including phenoxy) is 2. The number of urea groups is 1. The molecule has 0 aliphatic rings. The van der Waals surface area contributed by atoms with Gasteiger partial charge in [0.1, 0.15) is 11.5 Å². The van der Waals surface area contributed by atoms with Crippen molar-refractivity contribution in [3.8, 4) is 17.2 Å². The maximum Gasteiger partial charge on any atom is 0.319 e. The number of nitrogens with zero attached hydrogens (tertiary/aromatic N) is 3. The molecule has 0 aliphatic carbocycles. The largest absolute Gasteiger partial charge is 0.497 e. The number of carbonyl (C=O) groups excluding carboxylic acids is 1. The summed E-state index contributed by atoms with van der Waals surface area (Å²) in [5, 5.41) is 13.7. The van der Waals surface area contributed by atoms with Crippen LogP contribution in [-0.2, 0) is 6.54 Å². The molecule has 0 bridgehead atoms. The van der Waals surface area contributed by atoms with Gasteiger partial charge in [-0.15, -0.1) is 0 Å². The third kappa shape index (κ3) is 4.10. The van der Waals surface area contributed by atoms with Gasteiger partial charge in [0.05, 0.1) is 32.3 Å². The van der Waals surface area contributed by atoms with Gasteiger partial charge in [-0.25, -0.2) is 4.79 Å². The lowest BCUT2D eigenvalue weighted by molar-refractivity contribution is 0.251. The van der Waals surface area contributed by atoms with E-state index >= 15 is 0 Å². The van der Waals surface area contributed by atoms with Crippen molar-refractivity contribution in [3.05, 3.63) is 60.4 Å². The molecule has 1 heterocycles. The van der Waals surface area contributed by atoms with Gasteiger partial charge in [0.15, 0.2) is 0 Å². The van der Waals surface area contributed by atoms with E-state index < -0.39 is 0 Å². The van der Waals surface area contributed by atoms with Crippen molar-refractivity contribution >= 4 is 11.7 Å². The van der Waals surface area contributed by atoms with Gasteiger partial charge in [-0.1, -0.05) is 0 Å². The number of hydrogen-bond acceptors (Lipinski definition) is 5. The molecule has 2 aromatic carbocycles. The van der Waals surface area contributed by atoms with Gasteiger partial charge in [-0.05, 0) is 36.4 Å². The molecule has 0 aliphatic heterocycles. The predicted molar refractivity (Wildman–Crippen MR) is 96.8 cm³/mol. The van der Waals surface area contributed by atoms with Crippen LogP contribution in [0.15, 0.2) is 54.9 Å². The average Bonchev–Trinajstić information content (AvgIpc) is 3.21. The first-order chi connectivity index (χ1) is 12.7. The van der Waals surface area contributed by atoms with Crippen LogP contribution >= 0.6 is 0 Å². The topological polar surface area (TPSA) is 90.3 Å². The Morgan fingerprint density at radius 1 is 1.04 bits per heavy atom. The van der Waals surface area contributed by atoms with Crippen molar-refractivity contribution in [3.63, 3.8) is 0 Å². The number of carbonyl (C=O) groups is 1. The van der Waals surface area contributed by atoms with Gasteiger partial charge in [0.2, 0.25) is 0 Å². The number of anilines is 1. The van der Waals surface area contributed by atoms with E-state index in [9.17, 15) is 4.79 Å². The number of hydrogen-bond donors (Lipinski definition) is 2. The predicted octanol–water partition coefficient (Wildman–Crippen LogP) is 2.61. The molecule has 0 radical (unpaired) electrons. The number of methoxy groups -OCH3 is 2. The Morgan fingerprint density at radius 3 is 2.42 bits per heavy atom. The third-order valence-electron chi connectivity index (χ3n) is 3.71. The Labute approximate surface area is 150 Å². The Hall–Kier alpha value is -3.55. The second-order valence-corrected chi connectivity index (χ2v) is 5.35. The van der Waals surface area contributed by atoms with Crippen LogP contribution in [0, 0.1) is 0 Å². The van der Waals surface area contributed by atoms with E-state index in [4.69, 9.17) is 9.47 Å². The van der Waals surface area contributed by atoms with E-state index in [1.807, 2.05) is 24.3 Å². The number of amides is 2. The molecule has 134 valence electrons. The molecule has 8 heteroatoms. The van der Waals surface area contributed by atoms with Crippen molar-refractivity contribution in [2.45, 2.75) is 6.54 Å². The van der Waals surface area contributed by atoms with E-state index in [0.29, 0.717) is 23.7 Å². The first kappa shape index (κ1) is 17.3. The standard InChI is InChI=1S/C18H19N5O3/c1-25-16-8-3-13(17(11-16)26-2)12-19-18(24)22-14-4-6-15(7-5-14)23-20-9-10-21-23/h3-11H,12H2,1-2H3,(H2,19,22,24). The summed E-state index contributed by atoms with van der Waals surface area (Å²) in [6.45, 7) is 0.328. The van der Waals surface area contributed by atoms with Crippen LogP contribution in [0.25, 0.3) is 5.69 Å². The zero-order valence-electron chi connectivity index (χ0n) is 14.5. The fourth-order valence-corrected chi connectivity index (χ4v) is 2.38. The lowest BCUT2D eigenvalue weighted by atomic mass is 10.2. The molecule has 0 saturated carbocycles. The lowest BCUT2D eigenvalue weighted by Crippen LogP contribution is -2.28. The highest BCUT2D eigenvalue weighted by Crippen LogP contribution is 2.24. The van der Waals surface area contributed by atoms with Crippen molar-refractivity contribution in [1.29, 1.82) is 0 Å². The zero-order valence-corrected chi connectivity index (χ0v) is 14.5. The number of rotatable bonds is 6. The van der Waals surface area contributed by atoms with E-state index in [1.54, 1.807) is 44.8 Å². The van der Waals surface area contributed by atoms with E-state index in [2.05, 4.69) is 20.8 Å². The van der Waals surface area contributed by atoms with E-state index in [-0.39, 0.29) is 6.03 Å². The van der Waals surface area contributed by atoms with Crippen LogP contribution in [0.5, 0.6) is 11.5 Å². The van der Waals surface area contributed by atoms with Gasteiger partial charge in [0, 0.05) is 23.9 Å². The minimum atomic E-state index is -0.312. The van der Waals surface area contributed by atoms with Crippen molar-refractivity contribution < 1.29 is 14.3 Å². The molecule has 2 amide bonds. The second kappa shape index (κ2) is 8.02. The molecule has 0 fully saturated rings. The second-order valence-electron chi connectivity index (χ2n) is 5.35. The SMILES string of the molecule is COc1ccc(CNC(=O)Nc2ccc(-n3nccn3)cc2)c(OC)c1. The highest BCUT2D eigenvalue weighted by atomic mass is 16.5. The number of benzene rings is 2. The summed E-state index contributed by atoms with van der Waals surface area (Å²) in [5.41, 5.74) is 2.33. The minimum absolute atomic E-state index is 0.312. The Kier molecular flexibility index (Phi) is 5.33. The molecule has 1 aromatic heterocycles. The van der Waals surface area contributed by atoms with Gasteiger partial charge in [-0.2, -0.15) is 15.0 Å².